The number of benzene rings is 2. The van der Waals surface area contributed by atoms with Gasteiger partial charge in [-0.15, -0.1) is 0 Å². The number of halogens is 3. The van der Waals surface area contributed by atoms with E-state index >= 15 is 0 Å². The van der Waals surface area contributed by atoms with Gasteiger partial charge in [0.2, 0.25) is 5.91 Å². The number of aromatic hydroxyl groups is 1. The smallest absolute Gasteiger partial charge is 0.416 e. The standard InChI is InChI=1S/C16H14F3NO2/c17-16(18,19)12-5-6-14(10-2-1-3-13(21)9-10)11(8-12)4-7-15(20)22/h1-3,5-6,8-9,21H,4,7H2,(H2,20,22). The van der Waals surface area contributed by atoms with Crippen LogP contribution in [0.25, 0.3) is 11.1 Å². The fourth-order valence-electron chi connectivity index (χ4n) is 2.19. The van der Waals surface area contributed by atoms with Crippen molar-refractivity contribution >= 4 is 5.91 Å². The molecule has 0 radical (unpaired) electrons. The SMILES string of the molecule is NC(=O)CCc1cc(C(F)(F)F)ccc1-c1cccc(O)c1. The number of phenolic OH excluding ortho intramolecular Hbond substituents is 1. The molecular weight excluding hydrogens is 295 g/mol. The van der Waals surface area contributed by atoms with Crippen LogP contribution in [-0.4, -0.2) is 11.0 Å². The van der Waals surface area contributed by atoms with E-state index in [0.29, 0.717) is 16.7 Å². The Morgan fingerprint density at radius 2 is 1.86 bits per heavy atom. The van der Waals surface area contributed by atoms with Gasteiger partial charge in [0.1, 0.15) is 5.75 Å². The van der Waals surface area contributed by atoms with Crippen LogP contribution in [0, 0.1) is 0 Å². The first kappa shape index (κ1) is 15.9. The molecule has 0 saturated heterocycles. The number of carbonyl (C=O) groups is 1. The highest BCUT2D eigenvalue weighted by molar-refractivity contribution is 5.75. The predicted octanol–water partition coefficient (Wildman–Crippen LogP) is 3.50. The third-order valence-electron chi connectivity index (χ3n) is 3.23. The van der Waals surface area contributed by atoms with Gasteiger partial charge in [0.05, 0.1) is 5.56 Å². The Hall–Kier alpha value is -2.50. The van der Waals surface area contributed by atoms with Crippen LogP contribution in [0.3, 0.4) is 0 Å². The Kier molecular flexibility index (Phi) is 4.40. The van der Waals surface area contributed by atoms with Crippen LogP contribution < -0.4 is 5.73 Å². The molecule has 2 aromatic carbocycles. The molecule has 0 aliphatic rings. The van der Waals surface area contributed by atoms with E-state index < -0.39 is 17.6 Å². The van der Waals surface area contributed by atoms with Gasteiger partial charge in [0.25, 0.3) is 0 Å². The molecule has 0 aromatic heterocycles. The average molecular weight is 309 g/mol. The summed E-state index contributed by atoms with van der Waals surface area (Å²) in [7, 11) is 0. The average Bonchev–Trinajstić information content (AvgIpc) is 2.43. The summed E-state index contributed by atoms with van der Waals surface area (Å²) in [5.41, 5.74) is 5.76. The van der Waals surface area contributed by atoms with Gasteiger partial charge in [0, 0.05) is 6.42 Å². The normalized spacial score (nSPS) is 11.4. The van der Waals surface area contributed by atoms with Crippen LogP contribution in [0.4, 0.5) is 13.2 Å². The molecule has 0 atom stereocenters. The summed E-state index contributed by atoms with van der Waals surface area (Å²) in [4.78, 5) is 10.9. The van der Waals surface area contributed by atoms with E-state index in [9.17, 15) is 23.1 Å². The number of primary amides is 1. The van der Waals surface area contributed by atoms with Crippen molar-refractivity contribution in [1.29, 1.82) is 0 Å². The van der Waals surface area contributed by atoms with E-state index in [-0.39, 0.29) is 18.6 Å². The summed E-state index contributed by atoms with van der Waals surface area (Å²) in [5.74, 6) is -0.572. The minimum absolute atomic E-state index is 0.0123. The van der Waals surface area contributed by atoms with Gasteiger partial charge in [-0.25, -0.2) is 0 Å². The lowest BCUT2D eigenvalue weighted by molar-refractivity contribution is -0.137. The fourth-order valence-corrected chi connectivity index (χ4v) is 2.19. The maximum absolute atomic E-state index is 12.8. The third-order valence-corrected chi connectivity index (χ3v) is 3.23. The minimum Gasteiger partial charge on any atom is -0.508 e. The molecular formula is C16H14F3NO2. The van der Waals surface area contributed by atoms with Gasteiger partial charge in [-0.05, 0) is 47.4 Å². The van der Waals surface area contributed by atoms with Crippen molar-refractivity contribution in [3.05, 3.63) is 53.6 Å². The van der Waals surface area contributed by atoms with Crippen LogP contribution in [0.15, 0.2) is 42.5 Å². The van der Waals surface area contributed by atoms with Crippen molar-refractivity contribution in [2.75, 3.05) is 0 Å². The molecule has 1 amide bonds. The van der Waals surface area contributed by atoms with E-state index in [4.69, 9.17) is 5.73 Å². The van der Waals surface area contributed by atoms with Gasteiger partial charge in [0.15, 0.2) is 0 Å². The zero-order chi connectivity index (χ0) is 16.3. The number of carbonyl (C=O) groups excluding carboxylic acids is 1. The zero-order valence-corrected chi connectivity index (χ0v) is 11.5. The van der Waals surface area contributed by atoms with E-state index in [0.717, 1.165) is 12.1 Å². The Morgan fingerprint density at radius 1 is 1.14 bits per heavy atom. The Morgan fingerprint density at radius 3 is 2.45 bits per heavy atom. The van der Waals surface area contributed by atoms with Crippen LogP contribution in [0.2, 0.25) is 0 Å². The number of amides is 1. The fraction of sp³-hybridized carbons (Fsp3) is 0.188. The second-order valence-electron chi connectivity index (χ2n) is 4.89. The van der Waals surface area contributed by atoms with E-state index in [1.165, 1.54) is 18.2 Å². The lowest BCUT2D eigenvalue weighted by Gasteiger charge is -2.14. The quantitative estimate of drug-likeness (QED) is 0.908. The largest absolute Gasteiger partial charge is 0.508 e. The first-order chi connectivity index (χ1) is 10.3. The third kappa shape index (κ3) is 3.78. The molecule has 0 heterocycles. The lowest BCUT2D eigenvalue weighted by Crippen LogP contribution is -2.12. The van der Waals surface area contributed by atoms with E-state index in [2.05, 4.69) is 0 Å². The molecule has 0 aliphatic heterocycles. The van der Waals surface area contributed by atoms with Crippen molar-refractivity contribution < 1.29 is 23.1 Å². The first-order valence-electron chi connectivity index (χ1n) is 6.55. The molecule has 0 unspecified atom stereocenters. The van der Waals surface area contributed by atoms with Crippen LogP contribution in [-0.2, 0) is 17.4 Å². The van der Waals surface area contributed by atoms with Crippen molar-refractivity contribution in [3.63, 3.8) is 0 Å². The summed E-state index contributed by atoms with van der Waals surface area (Å²) >= 11 is 0. The summed E-state index contributed by atoms with van der Waals surface area (Å²) < 4.78 is 38.5. The highest BCUT2D eigenvalue weighted by Crippen LogP contribution is 2.34. The molecule has 22 heavy (non-hydrogen) atoms. The molecule has 2 rings (SSSR count). The summed E-state index contributed by atoms with van der Waals surface area (Å²) in [6, 6.07) is 9.53. The van der Waals surface area contributed by atoms with E-state index in [1.807, 2.05) is 0 Å². The number of phenols is 1. The van der Waals surface area contributed by atoms with Gasteiger partial charge < -0.3 is 10.8 Å². The number of alkyl halides is 3. The van der Waals surface area contributed by atoms with Gasteiger partial charge >= 0.3 is 6.18 Å². The van der Waals surface area contributed by atoms with Gasteiger partial charge in [-0.2, -0.15) is 13.2 Å². The summed E-state index contributed by atoms with van der Waals surface area (Å²) in [6.07, 6.45) is -4.41. The molecule has 3 nitrogen and oxygen atoms in total. The molecule has 6 heteroatoms. The molecule has 0 fully saturated rings. The molecule has 0 saturated carbocycles. The monoisotopic (exact) mass is 309 g/mol. The number of aryl methyl sites for hydroxylation is 1. The van der Waals surface area contributed by atoms with Gasteiger partial charge in [-0.3, -0.25) is 4.79 Å². The maximum Gasteiger partial charge on any atom is 0.416 e. The maximum atomic E-state index is 12.8. The van der Waals surface area contributed by atoms with Crippen LogP contribution in [0.5, 0.6) is 5.75 Å². The highest BCUT2D eigenvalue weighted by atomic mass is 19.4. The van der Waals surface area contributed by atoms with Crippen molar-refractivity contribution in [2.45, 2.75) is 19.0 Å². The van der Waals surface area contributed by atoms with Gasteiger partial charge in [-0.1, -0.05) is 18.2 Å². The number of hydrogen-bond donors (Lipinski definition) is 2. The van der Waals surface area contributed by atoms with Crippen molar-refractivity contribution in [1.82, 2.24) is 0 Å². The molecule has 0 aliphatic carbocycles. The van der Waals surface area contributed by atoms with Crippen molar-refractivity contribution in [3.8, 4) is 16.9 Å². The van der Waals surface area contributed by atoms with Crippen LogP contribution in [0.1, 0.15) is 17.5 Å². The Bertz CT molecular complexity index is 696. The Balaban J connectivity index is 2.50. The molecule has 0 spiro atoms. The minimum atomic E-state index is -4.46. The summed E-state index contributed by atoms with van der Waals surface area (Å²) in [6.45, 7) is 0. The van der Waals surface area contributed by atoms with E-state index in [1.54, 1.807) is 12.1 Å². The Labute approximate surface area is 125 Å². The first-order valence-corrected chi connectivity index (χ1v) is 6.55. The molecule has 2 aromatic rings. The topological polar surface area (TPSA) is 63.3 Å². The second-order valence-corrected chi connectivity index (χ2v) is 4.89. The second kappa shape index (κ2) is 6.09. The number of nitrogens with two attached hydrogens (primary N) is 1. The van der Waals surface area contributed by atoms with Crippen LogP contribution >= 0.6 is 0 Å². The number of hydrogen-bond acceptors (Lipinski definition) is 2. The predicted molar refractivity (Wildman–Crippen MR) is 76.1 cm³/mol. The zero-order valence-electron chi connectivity index (χ0n) is 11.5. The van der Waals surface area contributed by atoms with Crippen molar-refractivity contribution in [2.24, 2.45) is 5.73 Å². The highest BCUT2D eigenvalue weighted by Gasteiger charge is 2.31. The lowest BCUT2D eigenvalue weighted by atomic mass is 9.94. The molecule has 116 valence electrons. The number of rotatable bonds is 4. The summed E-state index contributed by atoms with van der Waals surface area (Å²) in [5, 5.41) is 9.51. The molecule has 0 bridgehead atoms. The molecule has 3 N–H and O–H groups in total.